The monoisotopic (exact) mass is 196 g/mol. The van der Waals surface area contributed by atoms with E-state index in [4.69, 9.17) is 9.47 Å². The Balaban J connectivity index is 2.52. The third-order valence-electron chi connectivity index (χ3n) is 2.26. The molecule has 0 atom stereocenters. The van der Waals surface area contributed by atoms with Crippen LogP contribution in [0.3, 0.4) is 0 Å². The molecule has 0 aromatic heterocycles. The molecule has 76 valence electrons. The van der Waals surface area contributed by atoms with Crippen molar-refractivity contribution in [3.63, 3.8) is 0 Å². The van der Waals surface area contributed by atoms with Gasteiger partial charge in [0.1, 0.15) is 19.0 Å². The van der Waals surface area contributed by atoms with Crippen LogP contribution in [0.2, 0.25) is 0 Å². The molecule has 14 heavy (non-hydrogen) atoms. The maximum absolute atomic E-state index is 13.2. The lowest BCUT2D eigenvalue weighted by molar-refractivity contribution is 0.168. The van der Waals surface area contributed by atoms with E-state index in [9.17, 15) is 4.39 Å². The Morgan fingerprint density at radius 1 is 1.21 bits per heavy atom. The molecule has 1 aromatic carbocycles. The van der Waals surface area contributed by atoms with Crippen LogP contribution in [-0.4, -0.2) is 13.2 Å². The first kappa shape index (κ1) is 9.31. The van der Waals surface area contributed by atoms with E-state index in [0.717, 1.165) is 5.56 Å². The molecule has 0 amide bonds. The summed E-state index contributed by atoms with van der Waals surface area (Å²) in [7, 11) is 0. The first-order valence-electron chi connectivity index (χ1n) is 4.77. The van der Waals surface area contributed by atoms with Crippen LogP contribution in [0, 0.1) is 5.82 Å². The van der Waals surface area contributed by atoms with Gasteiger partial charge in [-0.05, 0) is 12.0 Å². The highest BCUT2D eigenvalue weighted by atomic mass is 19.1. The summed E-state index contributed by atoms with van der Waals surface area (Å²) in [6.45, 7) is 5.05. The summed E-state index contributed by atoms with van der Waals surface area (Å²) in [6.07, 6.45) is 0. The molecule has 0 spiro atoms. The number of hydrogen-bond acceptors (Lipinski definition) is 2. The second-order valence-electron chi connectivity index (χ2n) is 3.67. The fourth-order valence-corrected chi connectivity index (χ4v) is 1.57. The highest BCUT2D eigenvalue weighted by molar-refractivity contribution is 5.49. The number of benzene rings is 1. The minimum absolute atomic E-state index is 0.237. The summed E-state index contributed by atoms with van der Waals surface area (Å²) in [5.41, 5.74) is 0.875. The van der Waals surface area contributed by atoms with Gasteiger partial charge in [-0.3, -0.25) is 0 Å². The molecule has 0 aliphatic carbocycles. The summed E-state index contributed by atoms with van der Waals surface area (Å²) in [4.78, 5) is 0. The first-order valence-corrected chi connectivity index (χ1v) is 4.77. The normalized spacial score (nSPS) is 14.6. The van der Waals surface area contributed by atoms with Gasteiger partial charge in [0.2, 0.25) is 0 Å². The predicted molar refractivity (Wildman–Crippen MR) is 51.5 cm³/mol. The molecule has 1 heterocycles. The van der Waals surface area contributed by atoms with Gasteiger partial charge in [-0.1, -0.05) is 13.8 Å². The lowest BCUT2D eigenvalue weighted by Gasteiger charge is -2.22. The second-order valence-corrected chi connectivity index (χ2v) is 3.67. The van der Waals surface area contributed by atoms with E-state index in [1.807, 2.05) is 13.8 Å². The zero-order valence-corrected chi connectivity index (χ0v) is 8.34. The minimum Gasteiger partial charge on any atom is -0.486 e. The number of ether oxygens (including phenoxy) is 2. The fourth-order valence-electron chi connectivity index (χ4n) is 1.57. The maximum atomic E-state index is 13.2. The van der Waals surface area contributed by atoms with Gasteiger partial charge in [-0.15, -0.1) is 0 Å². The largest absolute Gasteiger partial charge is 0.486 e. The SMILES string of the molecule is CC(C)c1cc(F)cc2c1OCCO2. The Bertz CT molecular complexity index is 347. The van der Waals surface area contributed by atoms with Crippen LogP contribution in [0.15, 0.2) is 12.1 Å². The van der Waals surface area contributed by atoms with Crippen LogP contribution < -0.4 is 9.47 Å². The van der Waals surface area contributed by atoms with Crippen molar-refractivity contribution in [1.82, 2.24) is 0 Å². The molecule has 1 aliphatic rings. The highest BCUT2D eigenvalue weighted by Gasteiger charge is 2.19. The minimum atomic E-state index is -0.266. The Labute approximate surface area is 82.6 Å². The average molecular weight is 196 g/mol. The maximum Gasteiger partial charge on any atom is 0.165 e. The number of fused-ring (bicyclic) bond motifs is 1. The Hall–Kier alpha value is -1.25. The molecule has 0 radical (unpaired) electrons. The van der Waals surface area contributed by atoms with Crippen LogP contribution >= 0.6 is 0 Å². The second kappa shape index (κ2) is 3.48. The molecule has 0 fully saturated rings. The molecule has 2 rings (SSSR count). The number of halogens is 1. The first-order chi connectivity index (χ1) is 6.68. The predicted octanol–water partition coefficient (Wildman–Crippen LogP) is 2.72. The molecule has 0 saturated heterocycles. The Morgan fingerprint density at radius 3 is 2.64 bits per heavy atom. The molecule has 0 unspecified atom stereocenters. The van der Waals surface area contributed by atoms with Crippen LogP contribution in [0.5, 0.6) is 11.5 Å². The summed E-state index contributed by atoms with van der Waals surface area (Å²) in [5.74, 6) is 1.20. The van der Waals surface area contributed by atoms with Crippen molar-refractivity contribution in [3.8, 4) is 11.5 Å². The summed E-state index contributed by atoms with van der Waals surface area (Å²) < 4.78 is 24.0. The molecular weight excluding hydrogens is 183 g/mol. The van der Waals surface area contributed by atoms with Crippen LogP contribution in [0.25, 0.3) is 0 Å². The zero-order valence-electron chi connectivity index (χ0n) is 8.34. The van der Waals surface area contributed by atoms with E-state index >= 15 is 0 Å². The van der Waals surface area contributed by atoms with Gasteiger partial charge < -0.3 is 9.47 Å². The van der Waals surface area contributed by atoms with Crippen molar-refractivity contribution in [2.45, 2.75) is 19.8 Å². The molecule has 1 aromatic rings. The van der Waals surface area contributed by atoms with Gasteiger partial charge in [-0.2, -0.15) is 0 Å². The van der Waals surface area contributed by atoms with E-state index in [0.29, 0.717) is 24.7 Å². The van der Waals surface area contributed by atoms with Crippen molar-refractivity contribution >= 4 is 0 Å². The molecule has 0 saturated carbocycles. The van der Waals surface area contributed by atoms with Crippen molar-refractivity contribution < 1.29 is 13.9 Å². The van der Waals surface area contributed by atoms with Gasteiger partial charge >= 0.3 is 0 Å². The molecule has 1 aliphatic heterocycles. The smallest absolute Gasteiger partial charge is 0.165 e. The van der Waals surface area contributed by atoms with Gasteiger partial charge in [0.15, 0.2) is 11.5 Å². The standard InChI is InChI=1S/C11H13FO2/c1-7(2)9-5-8(12)6-10-11(9)14-4-3-13-10/h5-7H,3-4H2,1-2H3. The van der Waals surface area contributed by atoms with Crippen molar-refractivity contribution in [2.75, 3.05) is 13.2 Å². The van der Waals surface area contributed by atoms with Gasteiger partial charge in [-0.25, -0.2) is 4.39 Å². The summed E-state index contributed by atoms with van der Waals surface area (Å²) in [5, 5.41) is 0. The van der Waals surface area contributed by atoms with E-state index < -0.39 is 0 Å². The number of rotatable bonds is 1. The summed E-state index contributed by atoms with van der Waals surface area (Å²) >= 11 is 0. The molecular formula is C11H13FO2. The average Bonchev–Trinajstić information content (AvgIpc) is 2.16. The van der Waals surface area contributed by atoms with E-state index in [-0.39, 0.29) is 11.7 Å². The highest BCUT2D eigenvalue weighted by Crippen LogP contribution is 2.38. The summed E-state index contributed by atoms with van der Waals surface area (Å²) in [6, 6.07) is 2.89. The third kappa shape index (κ3) is 1.54. The van der Waals surface area contributed by atoms with E-state index in [2.05, 4.69) is 0 Å². The van der Waals surface area contributed by atoms with Gasteiger partial charge in [0.05, 0.1) is 0 Å². The van der Waals surface area contributed by atoms with E-state index in [1.54, 1.807) is 0 Å². The quantitative estimate of drug-likeness (QED) is 0.687. The van der Waals surface area contributed by atoms with Crippen LogP contribution in [-0.2, 0) is 0 Å². The fraction of sp³-hybridized carbons (Fsp3) is 0.455. The topological polar surface area (TPSA) is 18.5 Å². The van der Waals surface area contributed by atoms with Gasteiger partial charge in [0, 0.05) is 11.6 Å². The molecule has 3 heteroatoms. The third-order valence-corrected chi connectivity index (χ3v) is 2.26. The van der Waals surface area contributed by atoms with Crippen LogP contribution in [0.4, 0.5) is 4.39 Å². The Kier molecular flexibility index (Phi) is 2.32. The Morgan fingerprint density at radius 2 is 1.93 bits per heavy atom. The van der Waals surface area contributed by atoms with Crippen molar-refractivity contribution in [1.29, 1.82) is 0 Å². The molecule has 0 bridgehead atoms. The van der Waals surface area contributed by atoms with E-state index in [1.165, 1.54) is 12.1 Å². The van der Waals surface area contributed by atoms with Crippen LogP contribution in [0.1, 0.15) is 25.3 Å². The number of hydrogen-bond donors (Lipinski definition) is 0. The molecule has 2 nitrogen and oxygen atoms in total. The van der Waals surface area contributed by atoms with Gasteiger partial charge in [0.25, 0.3) is 0 Å². The lowest BCUT2D eigenvalue weighted by Crippen LogP contribution is -2.17. The van der Waals surface area contributed by atoms with Crippen molar-refractivity contribution in [3.05, 3.63) is 23.5 Å². The van der Waals surface area contributed by atoms with Crippen molar-refractivity contribution in [2.24, 2.45) is 0 Å². The molecule has 0 N–H and O–H groups in total. The lowest BCUT2D eigenvalue weighted by atomic mass is 10.0. The zero-order chi connectivity index (χ0) is 10.1.